The number of ether oxygens (including phenoxy) is 1. The van der Waals surface area contributed by atoms with Crippen molar-refractivity contribution in [3.8, 4) is 10.6 Å². The van der Waals surface area contributed by atoms with E-state index in [2.05, 4.69) is 14.9 Å². The third-order valence-electron chi connectivity index (χ3n) is 5.15. The van der Waals surface area contributed by atoms with Gasteiger partial charge in [0.15, 0.2) is 0 Å². The van der Waals surface area contributed by atoms with Gasteiger partial charge in [0, 0.05) is 26.1 Å². The van der Waals surface area contributed by atoms with Gasteiger partial charge in [-0.15, -0.1) is 11.3 Å². The van der Waals surface area contributed by atoms with Crippen LogP contribution < -0.4 is 4.90 Å². The molecule has 2 aliphatic heterocycles. The summed E-state index contributed by atoms with van der Waals surface area (Å²) in [5.74, 6) is -0.399. The first kappa shape index (κ1) is 19.8. The van der Waals surface area contributed by atoms with Crippen LogP contribution in [0.25, 0.3) is 10.6 Å². The highest BCUT2D eigenvalue weighted by atomic mass is 32.1. The second kappa shape index (κ2) is 8.44. The van der Waals surface area contributed by atoms with Crippen LogP contribution in [0.2, 0.25) is 0 Å². The van der Waals surface area contributed by atoms with Crippen LogP contribution in [0.15, 0.2) is 12.1 Å². The van der Waals surface area contributed by atoms with Crippen molar-refractivity contribution < 1.29 is 18.7 Å². The number of thiazole rings is 1. The molecule has 4 heterocycles. The van der Waals surface area contributed by atoms with Crippen LogP contribution in [-0.4, -0.2) is 53.1 Å². The summed E-state index contributed by atoms with van der Waals surface area (Å²) in [6, 6.07) is 3.46. The van der Waals surface area contributed by atoms with Crippen LogP contribution in [0, 0.1) is 5.95 Å². The molecule has 0 radical (unpaired) electrons. The van der Waals surface area contributed by atoms with E-state index in [0.717, 1.165) is 55.0 Å². The number of hydrogen-bond acceptors (Lipinski definition) is 7. The molecule has 1 saturated heterocycles. The molecule has 0 unspecified atom stereocenters. The number of nitrogens with zero attached hydrogens (tertiary/aromatic N) is 4. The number of carbonyl (C=O) groups excluding carboxylic acids is 2. The lowest BCUT2D eigenvalue weighted by Crippen LogP contribution is -2.41. The van der Waals surface area contributed by atoms with Gasteiger partial charge in [0.1, 0.15) is 15.7 Å². The van der Waals surface area contributed by atoms with Crippen molar-refractivity contribution in [2.24, 2.45) is 0 Å². The third-order valence-corrected chi connectivity index (χ3v) is 6.27. The van der Waals surface area contributed by atoms with E-state index in [1.54, 1.807) is 12.1 Å². The van der Waals surface area contributed by atoms with E-state index in [1.165, 1.54) is 0 Å². The Hall–Kier alpha value is -2.55. The Kier molecular flexibility index (Phi) is 5.75. The van der Waals surface area contributed by atoms with Crippen LogP contribution in [0.1, 0.15) is 48.0 Å². The number of fused-ring (bicyclic) bond motifs is 1. The molecule has 2 aromatic rings. The zero-order chi connectivity index (χ0) is 20.4. The predicted octanol–water partition coefficient (Wildman–Crippen LogP) is 3.88. The molecular weight excluding hydrogens is 395 g/mol. The van der Waals surface area contributed by atoms with E-state index in [-0.39, 0.29) is 12.1 Å². The standard InChI is InChI=1S/C20H23FN4O3S/c1-2-3-12-28-20(27)25-11-8-14-16(19(25)26)29-18(22-14)13-6-7-15(23-17(13)21)24-9-4-5-10-24/h6-7H,2-5,8-12H2,1H3. The number of halogens is 1. The molecule has 2 aromatic heterocycles. The first-order valence-electron chi connectivity index (χ1n) is 9.98. The minimum absolute atomic E-state index is 0.217. The molecule has 0 spiro atoms. The second-order valence-electron chi connectivity index (χ2n) is 7.17. The van der Waals surface area contributed by atoms with Crippen LogP contribution in [-0.2, 0) is 11.2 Å². The molecule has 1 fully saturated rings. The van der Waals surface area contributed by atoms with Crippen molar-refractivity contribution >= 4 is 29.2 Å². The van der Waals surface area contributed by atoms with Gasteiger partial charge in [-0.2, -0.15) is 4.39 Å². The molecule has 154 valence electrons. The molecule has 29 heavy (non-hydrogen) atoms. The topological polar surface area (TPSA) is 75.6 Å². The highest BCUT2D eigenvalue weighted by molar-refractivity contribution is 7.17. The molecule has 0 saturated carbocycles. The molecule has 2 aliphatic rings. The van der Waals surface area contributed by atoms with Crippen molar-refractivity contribution in [3.05, 3.63) is 28.7 Å². The number of carbonyl (C=O) groups is 2. The Morgan fingerprint density at radius 1 is 1.24 bits per heavy atom. The number of pyridine rings is 1. The lowest BCUT2D eigenvalue weighted by atomic mass is 10.2. The lowest BCUT2D eigenvalue weighted by molar-refractivity contribution is 0.0646. The quantitative estimate of drug-likeness (QED) is 0.542. The minimum Gasteiger partial charge on any atom is -0.449 e. The molecule has 4 rings (SSSR count). The largest absolute Gasteiger partial charge is 0.449 e. The Morgan fingerprint density at radius 3 is 2.76 bits per heavy atom. The number of aromatic nitrogens is 2. The Labute approximate surface area is 172 Å². The molecule has 0 aromatic carbocycles. The number of unbranched alkanes of at least 4 members (excludes halogenated alkanes) is 1. The molecule has 0 bridgehead atoms. The summed E-state index contributed by atoms with van der Waals surface area (Å²) in [5, 5.41) is 0.405. The first-order chi connectivity index (χ1) is 14.1. The highest BCUT2D eigenvalue weighted by Gasteiger charge is 2.33. The van der Waals surface area contributed by atoms with Crippen molar-refractivity contribution in [2.45, 2.75) is 39.0 Å². The SMILES string of the molecule is CCCCOC(=O)N1CCc2nc(-c3ccc(N4CCCC4)nc3F)sc2C1=O. The van der Waals surface area contributed by atoms with E-state index < -0.39 is 17.9 Å². The zero-order valence-corrected chi connectivity index (χ0v) is 17.1. The zero-order valence-electron chi connectivity index (χ0n) is 16.3. The molecule has 9 heteroatoms. The lowest BCUT2D eigenvalue weighted by Gasteiger charge is -2.23. The van der Waals surface area contributed by atoms with Gasteiger partial charge in [-0.3, -0.25) is 4.79 Å². The third kappa shape index (κ3) is 3.96. The summed E-state index contributed by atoms with van der Waals surface area (Å²) in [6.07, 6.45) is 3.63. The summed E-state index contributed by atoms with van der Waals surface area (Å²) in [7, 11) is 0. The number of anilines is 1. The maximum Gasteiger partial charge on any atom is 0.416 e. The van der Waals surface area contributed by atoms with E-state index in [1.807, 2.05) is 6.92 Å². The summed E-state index contributed by atoms with van der Waals surface area (Å²) in [5.41, 5.74) is 0.868. The van der Waals surface area contributed by atoms with Crippen LogP contribution in [0.3, 0.4) is 0 Å². The average Bonchev–Trinajstić information content (AvgIpc) is 3.38. The number of hydrogen-bond donors (Lipinski definition) is 0. The fourth-order valence-corrected chi connectivity index (χ4v) is 4.58. The number of amides is 2. The number of rotatable bonds is 5. The maximum absolute atomic E-state index is 14.7. The van der Waals surface area contributed by atoms with Gasteiger partial charge in [-0.25, -0.2) is 19.7 Å². The van der Waals surface area contributed by atoms with E-state index in [4.69, 9.17) is 4.74 Å². The summed E-state index contributed by atoms with van der Waals surface area (Å²) in [6.45, 7) is 4.28. The van der Waals surface area contributed by atoms with E-state index in [0.29, 0.717) is 34.4 Å². The highest BCUT2D eigenvalue weighted by Crippen LogP contribution is 2.34. The van der Waals surface area contributed by atoms with Crippen molar-refractivity contribution in [2.75, 3.05) is 31.1 Å². The van der Waals surface area contributed by atoms with Gasteiger partial charge in [-0.05, 0) is 31.4 Å². The van der Waals surface area contributed by atoms with Gasteiger partial charge in [0.2, 0.25) is 5.95 Å². The average molecular weight is 418 g/mol. The van der Waals surface area contributed by atoms with Gasteiger partial charge in [0.05, 0.1) is 17.9 Å². The van der Waals surface area contributed by atoms with Crippen molar-refractivity contribution in [3.63, 3.8) is 0 Å². The summed E-state index contributed by atoms with van der Waals surface area (Å²) < 4.78 is 19.8. The molecule has 0 N–H and O–H groups in total. The van der Waals surface area contributed by atoms with Gasteiger partial charge < -0.3 is 9.64 Å². The molecule has 0 aliphatic carbocycles. The number of imide groups is 1. The Morgan fingerprint density at radius 2 is 2.03 bits per heavy atom. The monoisotopic (exact) mass is 418 g/mol. The van der Waals surface area contributed by atoms with Crippen LogP contribution in [0.5, 0.6) is 0 Å². The fraction of sp³-hybridized carbons (Fsp3) is 0.500. The second-order valence-corrected chi connectivity index (χ2v) is 8.17. The normalized spacial score (nSPS) is 16.3. The summed E-state index contributed by atoms with van der Waals surface area (Å²) in [4.78, 5) is 37.0. The molecule has 7 nitrogen and oxygen atoms in total. The van der Waals surface area contributed by atoms with Crippen molar-refractivity contribution in [1.29, 1.82) is 0 Å². The smallest absolute Gasteiger partial charge is 0.416 e. The predicted molar refractivity (Wildman–Crippen MR) is 108 cm³/mol. The van der Waals surface area contributed by atoms with Crippen LogP contribution >= 0.6 is 11.3 Å². The maximum atomic E-state index is 14.7. The Balaban J connectivity index is 1.53. The minimum atomic E-state index is -0.633. The van der Waals surface area contributed by atoms with Crippen LogP contribution in [0.4, 0.5) is 15.0 Å². The molecule has 2 amide bonds. The summed E-state index contributed by atoms with van der Waals surface area (Å²) >= 11 is 1.09. The molecule has 0 atom stereocenters. The van der Waals surface area contributed by atoms with E-state index >= 15 is 0 Å². The Bertz CT molecular complexity index is 926. The fourth-order valence-electron chi connectivity index (χ4n) is 3.51. The van der Waals surface area contributed by atoms with Gasteiger partial charge in [0.25, 0.3) is 5.91 Å². The van der Waals surface area contributed by atoms with Gasteiger partial charge in [-0.1, -0.05) is 13.3 Å². The van der Waals surface area contributed by atoms with Gasteiger partial charge >= 0.3 is 6.09 Å². The molecular formula is C20H23FN4O3S. The van der Waals surface area contributed by atoms with E-state index in [9.17, 15) is 14.0 Å². The first-order valence-corrected chi connectivity index (χ1v) is 10.8. The van der Waals surface area contributed by atoms with Crippen molar-refractivity contribution in [1.82, 2.24) is 14.9 Å².